The summed E-state index contributed by atoms with van der Waals surface area (Å²) >= 11 is 0. The highest BCUT2D eigenvalue weighted by Crippen LogP contribution is 2.68. The number of carbonyl (C=O) groups excluding carboxylic acids is 1. The van der Waals surface area contributed by atoms with Crippen LogP contribution in [0.15, 0.2) is 55.7 Å². The van der Waals surface area contributed by atoms with Crippen LogP contribution in [0.4, 0.5) is 22.4 Å². The first kappa shape index (κ1) is 52.5. The van der Waals surface area contributed by atoms with Crippen molar-refractivity contribution in [2.45, 2.75) is 69.5 Å². The number of amides is 1. The number of hydrogen-bond acceptors (Lipinski definition) is 24. The molecule has 33 nitrogen and oxygen atoms in total. The normalized spacial score (nSPS) is 24.9. The summed E-state index contributed by atoms with van der Waals surface area (Å²) in [6.45, 7) is 2.63. The van der Waals surface area contributed by atoms with Gasteiger partial charge >= 0.3 is 40.8 Å². The molecule has 0 aliphatic carbocycles. The summed E-state index contributed by atoms with van der Waals surface area (Å²) < 4.78 is 80.8. The van der Waals surface area contributed by atoms with Gasteiger partial charge in [0.25, 0.3) is 17.1 Å². The standard InChI is InChI=1S/C36H44N11O22P3/c1-4-45(5-2)16-6-7-17-15(8-21(48)65-18(17)9-16)10-62-36(55)43-35-40-29-23(31(54)42-35)44(3)14-47(29)33-27(52)25(50)20(67-33)12-64-71(58,59)69-72(60,61)68-70(56,57)63-11-19-24(49)26(51)32(66-19)46-13-38-22-28(46)39-34(37)41-30(22)53/h6-9,13-14,19-20,24-27,32-33,49-52H,4-5,10-12H2,1-3H3,(H7-,37,39,40,41,42,43,53,54,55,56,57,58,59,60,61)/p+1/t19-,20-,24-,25-,26-,27-,32-,33-/m1/s1. The van der Waals surface area contributed by atoms with E-state index in [1.807, 2.05) is 24.8 Å². The number of nitrogens with zero attached hydrogens (tertiary/aromatic N) is 7. The van der Waals surface area contributed by atoms with Crippen molar-refractivity contribution in [3.8, 4) is 0 Å². The predicted octanol–water partition coefficient (Wildman–Crippen LogP) is -1.43. The number of nitrogen functional groups attached to an aromatic ring is 1. The zero-order valence-electron chi connectivity index (χ0n) is 37.4. The number of carbonyl (C=O) groups is 1. The van der Waals surface area contributed by atoms with Gasteiger partial charge in [0.2, 0.25) is 17.7 Å². The van der Waals surface area contributed by atoms with Crippen LogP contribution in [0.25, 0.3) is 33.3 Å². The fraction of sp³-hybridized carbons (Fsp3) is 0.444. The largest absolute Gasteiger partial charge is 0.490 e. The quantitative estimate of drug-likeness (QED) is 0.0267. The Morgan fingerprint density at radius 1 is 0.889 bits per heavy atom. The van der Waals surface area contributed by atoms with Crippen molar-refractivity contribution >= 4 is 80.4 Å². The summed E-state index contributed by atoms with van der Waals surface area (Å²) in [5, 5.41) is 45.8. The number of nitrogens with two attached hydrogens (primary N) is 1. The molecule has 0 spiro atoms. The molecule has 2 fully saturated rings. The molecule has 1 aromatic carbocycles. The Kier molecular flexibility index (Phi) is 14.7. The van der Waals surface area contributed by atoms with Crippen molar-refractivity contribution in [1.82, 2.24) is 34.1 Å². The van der Waals surface area contributed by atoms with Crippen molar-refractivity contribution in [2.24, 2.45) is 7.05 Å². The Hall–Kier alpha value is -5.83. The Morgan fingerprint density at radius 2 is 1.54 bits per heavy atom. The molecule has 8 rings (SSSR count). The second-order valence-electron chi connectivity index (χ2n) is 15.9. The van der Waals surface area contributed by atoms with Crippen LogP contribution in [-0.2, 0) is 59.2 Å². The number of hydrogen-bond donors (Lipinski definition) is 11. The minimum atomic E-state index is -6.10. The second kappa shape index (κ2) is 20.2. The number of anilines is 3. The summed E-state index contributed by atoms with van der Waals surface area (Å²) in [5.41, 5.74) is 3.94. The van der Waals surface area contributed by atoms with Crippen LogP contribution in [0.5, 0.6) is 0 Å². The smallest absolute Gasteiger partial charge is 0.444 e. The van der Waals surface area contributed by atoms with Gasteiger partial charge in [0.15, 0.2) is 23.7 Å². The number of ether oxygens (including phenoxy) is 3. The van der Waals surface area contributed by atoms with Crippen LogP contribution >= 0.6 is 23.5 Å². The maximum atomic E-state index is 13.2. The fourth-order valence-electron chi connectivity index (χ4n) is 7.88. The molecule has 12 N–H and O–H groups in total. The molecule has 0 saturated carbocycles. The maximum Gasteiger partial charge on any atom is 0.490 e. The second-order valence-corrected chi connectivity index (χ2v) is 20.5. The van der Waals surface area contributed by atoms with Gasteiger partial charge in [-0.05, 0) is 26.0 Å². The van der Waals surface area contributed by atoms with Gasteiger partial charge in [-0.1, -0.05) is 4.98 Å². The highest BCUT2D eigenvalue weighted by molar-refractivity contribution is 7.66. The van der Waals surface area contributed by atoms with Crippen molar-refractivity contribution in [3.63, 3.8) is 0 Å². The lowest BCUT2D eigenvalue weighted by Crippen LogP contribution is -2.46. The first-order valence-electron chi connectivity index (χ1n) is 21.1. The molecule has 5 aromatic heterocycles. The SMILES string of the molecule is CCN(CC)c1ccc2c(COC(=O)Nc3nc4c(c(=O)[nH]3)n(C)c[n+]4[C@@H]3O[C@H](COP(=O)(O)OP(=O)(O)OP(=O)(O)OC[C@H]4O[C@@H](n5cnc6c(=O)[nH]c(N)nc65)[C@H](O)[C@@H]4O)[C@@H](O)[C@H]3O)cc(=O)oc2c1. The van der Waals surface area contributed by atoms with Gasteiger partial charge < -0.3 is 64.4 Å². The monoisotopic (exact) mass is 1080 g/mol. The molecule has 0 radical (unpaired) electrons. The Balaban J connectivity index is 0.870. The molecule has 7 heterocycles. The number of imidazole rings is 2. The van der Waals surface area contributed by atoms with Gasteiger partial charge in [-0.3, -0.25) is 37.7 Å². The average Bonchev–Trinajstić information content (AvgIpc) is 4.02. The van der Waals surface area contributed by atoms with Crippen molar-refractivity contribution < 1.29 is 94.5 Å². The van der Waals surface area contributed by atoms with Crippen LogP contribution in [0, 0.1) is 0 Å². The lowest BCUT2D eigenvalue weighted by Gasteiger charge is -2.21. The van der Waals surface area contributed by atoms with Crippen LogP contribution in [0.1, 0.15) is 31.9 Å². The first-order valence-corrected chi connectivity index (χ1v) is 25.6. The van der Waals surface area contributed by atoms with Crippen LogP contribution in [0.2, 0.25) is 0 Å². The van der Waals surface area contributed by atoms with E-state index in [4.69, 9.17) is 24.4 Å². The van der Waals surface area contributed by atoms with E-state index < -0.39 is 121 Å². The molecular formula is C36H45N11O22P3+. The minimum absolute atomic E-state index is 0.137. The van der Waals surface area contributed by atoms with Gasteiger partial charge in [0.1, 0.15) is 48.8 Å². The van der Waals surface area contributed by atoms with Crippen molar-refractivity contribution in [2.75, 3.05) is 42.3 Å². The predicted molar refractivity (Wildman–Crippen MR) is 239 cm³/mol. The molecule has 36 heteroatoms. The number of phosphoric ester groups is 2. The number of phosphoric acid groups is 3. The number of aliphatic hydroxyl groups excluding tert-OH is 4. The van der Waals surface area contributed by atoms with E-state index in [0.29, 0.717) is 24.0 Å². The molecule has 390 valence electrons. The van der Waals surface area contributed by atoms with E-state index in [1.54, 1.807) is 12.1 Å². The Bertz CT molecular complexity index is 3380. The third kappa shape index (κ3) is 10.9. The number of aromatic amines is 2. The number of aryl methyl sites for hydroxylation is 1. The van der Waals surface area contributed by atoms with E-state index >= 15 is 0 Å². The summed E-state index contributed by atoms with van der Waals surface area (Å²) in [5.74, 6) is -0.786. The zero-order chi connectivity index (χ0) is 52.2. The highest BCUT2D eigenvalue weighted by Gasteiger charge is 2.50. The molecular weight excluding hydrogens is 1030 g/mol. The topological polar surface area (TPSA) is 464 Å². The fourth-order valence-corrected chi connectivity index (χ4v) is 11.4. The van der Waals surface area contributed by atoms with Gasteiger partial charge in [-0.2, -0.15) is 13.6 Å². The summed E-state index contributed by atoms with van der Waals surface area (Å²) in [6, 6.07) is 6.39. The molecule has 6 aromatic rings. The third-order valence-corrected chi connectivity index (χ3v) is 15.4. The summed E-state index contributed by atoms with van der Waals surface area (Å²) in [6.07, 6.45) is -12.9. The Labute approximate surface area is 400 Å². The lowest BCUT2D eigenvalue weighted by molar-refractivity contribution is -0.745. The van der Waals surface area contributed by atoms with Gasteiger partial charge in [0, 0.05) is 41.9 Å². The molecule has 2 aliphatic heterocycles. The summed E-state index contributed by atoms with van der Waals surface area (Å²) in [7, 11) is -16.3. The van der Waals surface area contributed by atoms with E-state index in [0.717, 1.165) is 27.2 Å². The number of nitrogens with one attached hydrogen (secondary N) is 3. The van der Waals surface area contributed by atoms with Crippen LogP contribution in [-0.4, -0.2) is 138 Å². The average molecular weight is 1080 g/mol. The van der Waals surface area contributed by atoms with Gasteiger partial charge in [0.05, 0.1) is 26.6 Å². The molecule has 2 saturated heterocycles. The number of rotatable bonds is 18. The molecule has 1 amide bonds. The maximum absolute atomic E-state index is 13.2. The highest BCUT2D eigenvalue weighted by atomic mass is 31.3. The van der Waals surface area contributed by atoms with E-state index in [9.17, 15) is 68.0 Å². The number of aromatic nitrogens is 8. The van der Waals surface area contributed by atoms with Gasteiger partial charge in [-0.25, -0.2) is 38.2 Å². The van der Waals surface area contributed by atoms with Crippen LogP contribution in [0.3, 0.4) is 0 Å². The first-order chi connectivity index (χ1) is 33.9. The molecule has 0 bridgehead atoms. The van der Waals surface area contributed by atoms with Crippen molar-refractivity contribution in [1.29, 1.82) is 0 Å². The van der Waals surface area contributed by atoms with Gasteiger partial charge in [-0.15, -0.1) is 0 Å². The van der Waals surface area contributed by atoms with E-state index in [2.05, 4.69) is 47.9 Å². The molecule has 2 aliphatic rings. The number of H-pyrrole nitrogens is 2. The third-order valence-electron chi connectivity index (χ3n) is 11.2. The van der Waals surface area contributed by atoms with Crippen molar-refractivity contribution in [3.05, 3.63) is 73.6 Å². The Morgan fingerprint density at radius 3 is 2.21 bits per heavy atom. The molecule has 3 unspecified atom stereocenters. The van der Waals surface area contributed by atoms with E-state index in [-0.39, 0.29) is 33.9 Å². The van der Waals surface area contributed by atoms with E-state index in [1.165, 1.54) is 17.9 Å². The minimum Gasteiger partial charge on any atom is -0.444 e. The molecule has 11 atom stereocenters. The van der Waals surface area contributed by atoms with Crippen LogP contribution < -0.4 is 37.3 Å². The summed E-state index contributed by atoms with van der Waals surface area (Å²) in [4.78, 5) is 99.9. The lowest BCUT2D eigenvalue weighted by atomic mass is 10.1. The molecule has 72 heavy (non-hydrogen) atoms. The number of benzene rings is 1. The number of aliphatic hydroxyl groups is 4. The zero-order valence-corrected chi connectivity index (χ0v) is 40.1. The number of fused-ring (bicyclic) bond motifs is 3.